The Morgan fingerprint density at radius 3 is 2.26 bits per heavy atom. The summed E-state index contributed by atoms with van der Waals surface area (Å²) < 4.78 is 0. The summed E-state index contributed by atoms with van der Waals surface area (Å²) in [5, 5.41) is 3.21. The van der Waals surface area contributed by atoms with Crippen molar-refractivity contribution in [3.8, 4) is 0 Å². The van der Waals surface area contributed by atoms with Crippen LogP contribution in [0.3, 0.4) is 0 Å². The van der Waals surface area contributed by atoms with Crippen LogP contribution in [0.15, 0.2) is 0 Å². The fourth-order valence-electron chi connectivity index (χ4n) is 3.90. The number of rotatable bonds is 3. The Labute approximate surface area is 118 Å². The Morgan fingerprint density at radius 1 is 1.16 bits per heavy atom. The van der Waals surface area contributed by atoms with Gasteiger partial charge in [-0.3, -0.25) is 4.79 Å². The quantitative estimate of drug-likeness (QED) is 0.852. The smallest absolute Gasteiger partial charge is 0.226 e. The zero-order valence-electron chi connectivity index (χ0n) is 12.9. The monoisotopic (exact) mass is 266 g/mol. The van der Waals surface area contributed by atoms with E-state index < -0.39 is 0 Å². The predicted molar refractivity (Wildman–Crippen MR) is 79.0 cm³/mol. The second-order valence-corrected chi connectivity index (χ2v) is 6.92. The van der Waals surface area contributed by atoms with Crippen LogP contribution < -0.4 is 5.32 Å². The molecule has 0 atom stereocenters. The topological polar surface area (TPSA) is 32.3 Å². The summed E-state index contributed by atoms with van der Waals surface area (Å²) in [5.41, 5.74) is -0.0722. The van der Waals surface area contributed by atoms with Gasteiger partial charge in [0.2, 0.25) is 5.91 Å². The van der Waals surface area contributed by atoms with E-state index in [0.29, 0.717) is 11.8 Å². The van der Waals surface area contributed by atoms with Crippen LogP contribution in [0.4, 0.5) is 0 Å². The Balaban J connectivity index is 2.14. The van der Waals surface area contributed by atoms with Crippen LogP contribution in [0.25, 0.3) is 0 Å². The number of nitrogens with zero attached hydrogens (tertiary/aromatic N) is 1. The lowest BCUT2D eigenvalue weighted by Gasteiger charge is -2.46. The molecule has 2 aliphatic rings. The van der Waals surface area contributed by atoms with Gasteiger partial charge in [-0.1, -0.05) is 19.3 Å². The van der Waals surface area contributed by atoms with Crippen molar-refractivity contribution >= 4 is 5.91 Å². The minimum Gasteiger partial charge on any atom is -0.353 e. The maximum absolute atomic E-state index is 12.8. The van der Waals surface area contributed by atoms with Crippen molar-refractivity contribution in [2.45, 2.75) is 64.8 Å². The third kappa shape index (κ3) is 3.31. The Hall–Kier alpha value is -0.570. The van der Waals surface area contributed by atoms with Crippen LogP contribution in [0.2, 0.25) is 0 Å². The zero-order chi connectivity index (χ0) is 13.9. The van der Waals surface area contributed by atoms with Gasteiger partial charge < -0.3 is 10.2 Å². The van der Waals surface area contributed by atoms with Crippen LogP contribution >= 0.6 is 0 Å². The van der Waals surface area contributed by atoms with Crippen molar-refractivity contribution in [1.29, 1.82) is 0 Å². The molecule has 1 saturated carbocycles. The molecule has 1 amide bonds. The number of piperidine rings is 1. The number of carbonyl (C=O) groups excluding carboxylic acids is 1. The normalized spacial score (nSPS) is 25.5. The lowest BCUT2D eigenvalue weighted by Crippen LogP contribution is -2.53. The third-order valence-electron chi connectivity index (χ3n) is 5.14. The first kappa shape index (κ1) is 14.8. The number of nitrogens with one attached hydrogen (secondary N) is 1. The van der Waals surface area contributed by atoms with E-state index >= 15 is 0 Å². The molecule has 19 heavy (non-hydrogen) atoms. The molecular weight excluding hydrogens is 236 g/mol. The standard InChI is InChI=1S/C16H30N2O/c1-13(2)17-15(19)16(9-11-18(3)12-10-16)14-7-5-4-6-8-14/h13-14H,4-12H2,1-3H3,(H,17,19). The Kier molecular flexibility index (Phi) is 4.88. The summed E-state index contributed by atoms with van der Waals surface area (Å²) >= 11 is 0. The van der Waals surface area contributed by atoms with Crippen LogP contribution in [0.5, 0.6) is 0 Å². The first-order valence-corrected chi connectivity index (χ1v) is 8.04. The van der Waals surface area contributed by atoms with E-state index in [1.807, 2.05) is 0 Å². The van der Waals surface area contributed by atoms with Crippen molar-refractivity contribution in [2.75, 3.05) is 20.1 Å². The van der Waals surface area contributed by atoms with E-state index in [4.69, 9.17) is 0 Å². The summed E-state index contributed by atoms with van der Waals surface area (Å²) in [6.07, 6.45) is 8.61. The Bertz CT molecular complexity index is 300. The van der Waals surface area contributed by atoms with Crippen LogP contribution in [0.1, 0.15) is 58.8 Å². The van der Waals surface area contributed by atoms with Gasteiger partial charge in [0.05, 0.1) is 5.41 Å². The van der Waals surface area contributed by atoms with Gasteiger partial charge >= 0.3 is 0 Å². The molecule has 3 heteroatoms. The predicted octanol–water partition coefficient (Wildman–Crippen LogP) is 2.80. The summed E-state index contributed by atoms with van der Waals surface area (Å²) in [4.78, 5) is 15.2. The molecular formula is C16H30N2O. The molecule has 2 rings (SSSR count). The molecule has 0 unspecified atom stereocenters. The molecule has 0 radical (unpaired) electrons. The van der Waals surface area contributed by atoms with Crippen molar-refractivity contribution < 1.29 is 4.79 Å². The van der Waals surface area contributed by atoms with Gasteiger partial charge in [0.25, 0.3) is 0 Å². The highest BCUT2D eigenvalue weighted by molar-refractivity contribution is 5.83. The number of amides is 1. The van der Waals surface area contributed by atoms with E-state index in [2.05, 4.69) is 31.1 Å². The largest absolute Gasteiger partial charge is 0.353 e. The SMILES string of the molecule is CC(C)NC(=O)C1(C2CCCCC2)CCN(C)CC1. The van der Waals surface area contributed by atoms with Crippen LogP contribution in [0, 0.1) is 11.3 Å². The van der Waals surface area contributed by atoms with Crippen molar-refractivity contribution in [3.05, 3.63) is 0 Å². The van der Waals surface area contributed by atoms with Gasteiger partial charge in [-0.15, -0.1) is 0 Å². The van der Waals surface area contributed by atoms with E-state index in [0.717, 1.165) is 25.9 Å². The summed E-state index contributed by atoms with van der Waals surface area (Å²) in [5.74, 6) is 0.955. The lowest BCUT2D eigenvalue weighted by molar-refractivity contribution is -0.139. The van der Waals surface area contributed by atoms with Crippen LogP contribution in [-0.2, 0) is 4.79 Å². The minimum absolute atomic E-state index is 0.0722. The highest BCUT2D eigenvalue weighted by atomic mass is 16.2. The minimum atomic E-state index is -0.0722. The van der Waals surface area contributed by atoms with Crippen molar-refractivity contribution in [3.63, 3.8) is 0 Å². The molecule has 1 heterocycles. The number of carbonyl (C=O) groups is 1. The molecule has 0 bridgehead atoms. The molecule has 0 aromatic carbocycles. The average molecular weight is 266 g/mol. The first-order valence-electron chi connectivity index (χ1n) is 8.04. The van der Waals surface area contributed by atoms with Gasteiger partial charge in [0.1, 0.15) is 0 Å². The molecule has 0 aromatic heterocycles. The van der Waals surface area contributed by atoms with E-state index in [9.17, 15) is 4.79 Å². The van der Waals surface area contributed by atoms with E-state index in [1.54, 1.807) is 0 Å². The lowest BCUT2D eigenvalue weighted by atomic mass is 9.63. The number of hydrogen-bond donors (Lipinski definition) is 1. The van der Waals surface area contributed by atoms with Crippen LogP contribution in [-0.4, -0.2) is 37.0 Å². The zero-order valence-corrected chi connectivity index (χ0v) is 12.9. The second kappa shape index (κ2) is 6.25. The molecule has 1 N–H and O–H groups in total. The summed E-state index contributed by atoms with van der Waals surface area (Å²) in [7, 11) is 2.17. The fourth-order valence-corrected chi connectivity index (χ4v) is 3.90. The molecule has 0 spiro atoms. The third-order valence-corrected chi connectivity index (χ3v) is 5.14. The van der Waals surface area contributed by atoms with Gasteiger partial charge in [-0.2, -0.15) is 0 Å². The highest BCUT2D eigenvalue weighted by Gasteiger charge is 2.46. The Morgan fingerprint density at radius 2 is 1.74 bits per heavy atom. The average Bonchev–Trinajstić information content (AvgIpc) is 2.40. The van der Waals surface area contributed by atoms with E-state index in [1.165, 1.54) is 32.1 Å². The molecule has 2 fully saturated rings. The molecule has 1 aliphatic carbocycles. The summed E-state index contributed by atoms with van der Waals surface area (Å²) in [6, 6.07) is 0.257. The van der Waals surface area contributed by atoms with Gasteiger partial charge in [0.15, 0.2) is 0 Å². The van der Waals surface area contributed by atoms with Gasteiger partial charge in [-0.05, 0) is 65.6 Å². The highest BCUT2D eigenvalue weighted by Crippen LogP contribution is 2.45. The maximum Gasteiger partial charge on any atom is 0.226 e. The number of hydrogen-bond acceptors (Lipinski definition) is 2. The molecule has 1 aliphatic heterocycles. The van der Waals surface area contributed by atoms with Crippen molar-refractivity contribution in [2.24, 2.45) is 11.3 Å². The van der Waals surface area contributed by atoms with Gasteiger partial charge in [-0.25, -0.2) is 0 Å². The fraction of sp³-hybridized carbons (Fsp3) is 0.938. The first-order chi connectivity index (χ1) is 9.04. The number of likely N-dealkylation sites (tertiary alicyclic amines) is 1. The van der Waals surface area contributed by atoms with Crippen molar-refractivity contribution in [1.82, 2.24) is 10.2 Å². The molecule has 0 aromatic rings. The molecule has 1 saturated heterocycles. The van der Waals surface area contributed by atoms with Gasteiger partial charge in [0, 0.05) is 6.04 Å². The summed E-state index contributed by atoms with van der Waals surface area (Å²) in [6.45, 7) is 6.28. The molecule has 110 valence electrons. The molecule has 3 nitrogen and oxygen atoms in total. The van der Waals surface area contributed by atoms with E-state index in [-0.39, 0.29) is 11.5 Å². The second-order valence-electron chi connectivity index (χ2n) is 6.92. The maximum atomic E-state index is 12.8.